The minimum atomic E-state index is -0.851. The number of carboxylic acids is 1. The molecule has 0 heterocycles. The van der Waals surface area contributed by atoms with Gasteiger partial charge in [0.1, 0.15) is 0 Å². The summed E-state index contributed by atoms with van der Waals surface area (Å²) < 4.78 is 0. The Morgan fingerprint density at radius 2 is 1.96 bits per heavy atom. The van der Waals surface area contributed by atoms with E-state index < -0.39 is 5.97 Å². The fourth-order valence-electron chi connectivity index (χ4n) is 4.39. The molecule has 1 fully saturated rings. The Balaban J connectivity index is 1.82. The van der Waals surface area contributed by atoms with E-state index >= 15 is 0 Å². The first-order chi connectivity index (χ1) is 11.1. The lowest BCUT2D eigenvalue weighted by molar-refractivity contribution is 0.0697. The lowest BCUT2D eigenvalue weighted by atomic mass is 9.75. The van der Waals surface area contributed by atoms with Crippen molar-refractivity contribution in [1.82, 2.24) is 0 Å². The molecule has 3 unspecified atom stereocenters. The zero-order valence-electron chi connectivity index (χ0n) is 14.1. The van der Waals surface area contributed by atoms with Crippen LogP contribution in [-0.4, -0.2) is 11.1 Å². The van der Waals surface area contributed by atoms with E-state index in [0.29, 0.717) is 23.3 Å². The molecule has 3 atom stereocenters. The van der Waals surface area contributed by atoms with Crippen LogP contribution in [0, 0.1) is 11.8 Å². The van der Waals surface area contributed by atoms with Crippen LogP contribution >= 0.6 is 0 Å². The molecule has 0 bridgehead atoms. The van der Waals surface area contributed by atoms with Crippen molar-refractivity contribution in [2.75, 3.05) is 0 Å². The first-order valence-corrected chi connectivity index (χ1v) is 8.77. The molecule has 0 aromatic heterocycles. The van der Waals surface area contributed by atoms with E-state index in [2.05, 4.69) is 26.0 Å². The highest BCUT2D eigenvalue weighted by atomic mass is 16.4. The summed E-state index contributed by atoms with van der Waals surface area (Å²) in [4.78, 5) is 11.0. The molecular weight excluding hydrogens is 284 g/mol. The third kappa shape index (κ3) is 3.26. The Morgan fingerprint density at radius 1 is 1.22 bits per heavy atom. The molecule has 2 nitrogen and oxygen atoms in total. The second kappa shape index (κ2) is 6.74. The molecule has 0 aliphatic heterocycles. The van der Waals surface area contributed by atoms with Crippen molar-refractivity contribution in [3.63, 3.8) is 0 Å². The Kier molecular flexibility index (Phi) is 4.70. The minimum Gasteiger partial charge on any atom is -0.478 e. The van der Waals surface area contributed by atoms with Gasteiger partial charge in [0.25, 0.3) is 0 Å². The SMILES string of the molecule is CC1=C(C2CCCC2C(C)c2ccc(C(=O)O)cc2)C=CCC1. The molecule has 1 N–H and O–H groups in total. The molecule has 2 heteroatoms. The Morgan fingerprint density at radius 3 is 2.61 bits per heavy atom. The van der Waals surface area contributed by atoms with Gasteiger partial charge in [-0.2, -0.15) is 0 Å². The highest BCUT2D eigenvalue weighted by Crippen LogP contribution is 2.46. The second-order valence-corrected chi connectivity index (χ2v) is 7.09. The summed E-state index contributed by atoms with van der Waals surface area (Å²) >= 11 is 0. The van der Waals surface area contributed by atoms with Crippen molar-refractivity contribution < 1.29 is 9.90 Å². The van der Waals surface area contributed by atoms with Gasteiger partial charge in [-0.25, -0.2) is 4.79 Å². The molecule has 0 spiro atoms. The number of carbonyl (C=O) groups is 1. The molecule has 0 saturated heterocycles. The standard InChI is InChI=1S/C21H26O2/c1-14-6-3-4-7-18(14)20-9-5-8-19(20)15(2)16-10-12-17(13-11-16)21(22)23/h4,7,10-13,15,19-20H,3,5-6,8-9H2,1-2H3,(H,22,23). The molecular formula is C21H26O2. The molecule has 2 aliphatic carbocycles. The Hall–Kier alpha value is -1.83. The summed E-state index contributed by atoms with van der Waals surface area (Å²) in [7, 11) is 0. The van der Waals surface area contributed by atoms with E-state index in [4.69, 9.17) is 5.11 Å². The van der Waals surface area contributed by atoms with E-state index in [9.17, 15) is 4.79 Å². The number of rotatable bonds is 4. The first kappa shape index (κ1) is 16.0. The summed E-state index contributed by atoms with van der Waals surface area (Å²) in [5, 5.41) is 9.05. The van der Waals surface area contributed by atoms with E-state index in [1.54, 1.807) is 23.3 Å². The van der Waals surface area contributed by atoms with Crippen LogP contribution in [0.4, 0.5) is 0 Å². The zero-order valence-corrected chi connectivity index (χ0v) is 14.1. The molecule has 122 valence electrons. The van der Waals surface area contributed by atoms with Crippen LogP contribution in [0.1, 0.15) is 67.8 Å². The molecule has 0 amide bonds. The predicted molar refractivity (Wildman–Crippen MR) is 93.7 cm³/mol. The third-order valence-electron chi connectivity index (χ3n) is 5.77. The minimum absolute atomic E-state index is 0.373. The topological polar surface area (TPSA) is 37.3 Å². The quantitative estimate of drug-likeness (QED) is 0.789. The molecule has 1 saturated carbocycles. The van der Waals surface area contributed by atoms with Gasteiger partial charge in [0.05, 0.1) is 5.56 Å². The van der Waals surface area contributed by atoms with Crippen LogP contribution in [0.15, 0.2) is 47.6 Å². The van der Waals surface area contributed by atoms with Crippen molar-refractivity contribution in [3.05, 3.63) is 58.7 Å². The number of hydrogen-bond donors (Lipinski definition) is 1. The van der Waals surface area contributed by atoms with Crippen LogP contribution < -0.4 is 0 Å². The lowest BCUT2D eigenvalue weighted by Crippen LogP contribution is -2.18. The van der Waals surface area contributed by atoms with Crippen LogP contribution in [-0.2, 0) is 0 Å². The highest BCUT2D eigenvalue weighted by Gasteiger charge is 2.34. The first-order valence-electron chi connectivity index (χ1n) is 8.77. The van der Waals surface area contributed by atoms with Gasteiger partial charge in [-0.15, -0.1) is 0 Å². The van der Waals surface area contributed by atoms with Crippen LogP contribution in [0.3, 0.4) is 0 Å². The fourth-order valence-corrected chi connectivity index (χ4v) is 4.39. The van der Waals surface area contributed by atoms with Gasteiger partial charge in [-0.3, -0.25) is 0 Å². The smallest absolute Gasteiger partial charge is 0.335 e. The van der Waals surface area contributed by atoms with Gasteiger partial charge in [0.2, 0.25) is 0 Å². The molecule has 1 aromatic carbocycles. The largest absolute Gasteiger partial charge is 0.478 e. The van der Waals surface area contributed by atoms with Gasteiger partial charge < -0.3 is 5.11 Å². The average Bonchev–Trinajstić information content (AvgIpc) is 3.04. The van der Waals surface area contributed by atoms with Crippen LogP contribution in [0.5, 0.6) is 0 Å². The van der Waals surface area contributed by atoms with E-state index in [-0.39, 0.29) is 0 Å². The number of benzene rings is 1. The second-order valence-electron chi connectivity index (χ2n) is 7.09. The summed E-state index contributed by atoms with van der Waals surface area (Å²) in [6.45, 7) is 4.60. The van der Waals surface area contributed by atoms with E-state index in [1.807, 2.05) is 12.1 Å². The van der Waals surface area contributed by atoms with Gasteiger partial charge in [0.15, 0.2) is 0 Å². The summed E-state index contributed by atoms with van der Waals surface area (Å²) in [5.74, 6) is 0.955. The van der Waals surface area contributed by atoms with Crippen molar-refractivity contribution >= 4 is 5.97 Å². The number of carboxylic acid groups (broad SMARTS) is 1. The maximum atomic E-state index is 11.0. The van der Waals surface area contributed by atoms with Crippen LogP contribution in [0.2, 0.25) is 0 Å². The summed E-state index contributed by atoms with van der Waals surface area (Å²) in [6.07, 6.45) is 10.9. The van der Waals surface area contributed by atoms with Crippen molar-refractivity contribution in [2.45, 2.75) is 51.9 Å². The normalized spacial score (nSPS) is 25.7. The molecule has 3 rings (SSSR count). The van der Waals surface area contributed by atoms with Gasteiger partial charge in [-0.1, -0.05) is 43.2 Å². The Bertz CT molecular complexity index is 636. The van der Waals surface area contributed by atoms with Crippen molar-refractivity contribution in [1.29, 1.82) is 0 Å². The van der Waals surface area contributed by atoms with Gasteiger partial charge in [0, 0.05) is 0 Å². The highest BCUT2D eigenvalue weighted by molar-refractivity contribution is 5.87. The summed E-state index contributed by atoms with van der Waals surface area (Å²) in [6, 6.07) is 7.48. The van der Waals surface area contributed by atoms with Gasteiger partial charge in [-0.05, 0) is 73.6 Å². The molecule has 2 aliphatic rings. The van der Waals surface area contributed by atoms with Crippen molar-refractivity contribution in [2.24, 2.45) is 11.8 Å². The number of allylic oxidation sites excluding steroid dienone is 4. The van der Waals surface area contributed by atoms with E-state index in [0.717, 1.165) is 0 Å². The number of aromatic carboxylic acids is 1. The fraction of sp³-hybridized carbons (Fsp3) is 0.476. The van der Waals surface area contributed by atoms with Crippen LogP contribution in [0.25, 0.3) is 0 Å². The lowest BCUT2D eigenvalue weighted by Gasteiger charge is -2.29. The number of hydrogen-bond acceptors (Lipinski definition) is 1. The average molecular weight is 310 g/mol. The zero-order chi connectivity index (χ0) is 16.4. The molecule has 0 radical (unpaired) electrons. The molecule has 1 aromatic rings. The maximum absolute atomic E-state index is 11.0. The monoisotopic (exact) mass is 310 g/mol. The summed E-state index contributed by atoms with van der Waals surface area (Å²) in [5.41, 5.74) is 4.79. The predicted octanol–water partition coefficient (Wildman–Crippen LogP) is 5.57. The maximum Gasteiger partial charge on any atom is 0.335 e. The van der Waals surface area contributed by atoms with E-state index in [1.165, 1.54) is 37.7 Å². The Labute approximate surface area is 138 Å². The molecule has 23 heavy (non-hydrogen) atoms. The van der Waals surface area contributed by atoms with Gasteiger partial charge >= 0.3 is 5.97 Å². The van der Waals surface area contributed by atoms with Crippen molar-refractivity contribution in [3.8, 4) is 0 Å². The third-order valence-corrected chi connectivity index (χ3v) is 5.77.